The highest BCUT2D eigenvalue weighted by Crippen LogP contribution is 2.58. The van der Waals surface area contributed by atoms with E-state index in [0.717, 1.165) is 44.8 Å². The quantitative estimate of drug-likeness (QED) is 0.751. The Morgan fingerprint density at radius 2 is 1.86 bits per heavy atom. The molecule has 2 unspecified atom stereocenters. The smallest absolute Gasteiger partial charge is 0.223 e. The lowest BCUT2D eigenvalue weighted by Crippen LogP contribution is -2.33. The third kappa shape index (κ3) is 5.63. The molecule has 2 N–H and O–H groups in total. The van der Waals surface area contributed by atoms with Crippen LogP contribution < -0.4 is 10.6 Å². The van der Waals surface area contributed by atoms with E-state index in [-0.39, 0.29) is 36.6 Å². The summed E-state index contributed by atoms with van der Waals surface area (Å²) in [4.78, 5) is 15.0. The topological polar surface area (TPSA) is 44.4 Å². The maximum Gasteiger partial charge on any atom is 0.223 e. The highest BCUT2D eigenvalue weighted by atomic mass is 35.5. The summed E-state index contributed by atoms with van der Waals surface area (Å²) in [6.07, 6.45) is 6.11. The van der Waals surface area contributed by atoms with Gasteiger partial charge in [0.15, 0.2) is 0 Å². The molecule has 3 aliphatic rings. The Labute approximate surface area is 182 Å². The van der Waals surface area contributed by atoms with Crippen LogP contribution in [-0.2, 0) is 17.9 Å². The van der Waals surface area contributed by atoms with Gasteiger partial charge in [-0.2, -0.15) is 0 Å². The van der Waals surface area contributed by atoms with Crippen molar-refractivity contribution in [2.75, 3.05) is 26.2 Å². The monoisotopic (exact) mass is 427 g/mol. The minimum absolute atomic E-state index is 0. The molecule has 2 aliphatic heterocycles. The minimum atomic E-state index is 0. The summed E-state index contributed by atoms with van der Waals surface area (Å²) in [5.41, 5.74) is 2.91. The first kappa shape index (κ1) is 23.5. The molecule has 1 spiro atoms. The second kappa shape index (κ2) is 10.3. The van der Waals surface area contributed by atoms with Gasteiger partial charge in [-0.3, -0.25) is 9.69 Å². The normalized spacial score (nSPS) is 26.0. The molecule has 4 rings (SSSR count). The van der Waals surface area contributed by atoms with Crippen LogP contribution in [0.5, 0.6) is 0 Å². The van der Waals surface area contributed by atoms with Gasteiger partial charge in [0.25, 0.3) is 0 Å². The first-order valence-electron chi connectivity index (χ1n) is 10.4. The summed E-state index contributed by atoms with van der Waals surface area (Å²) in [5, 5.41) is 6.57. The number of piperidine rings is 2. The molecule has 6 heteroatoms. The molecule has 0 radical (unpaired) electrons. The van der Waals surface area contributed by atoms with Crippen molar-refractivity contribution in [1.29, 1.82) is 0 Å². The summed E-state index contributed by atoms with van der Waals surface area (Å²) in [6, 6.07) is 8.81. The lowest BCUT2D eigenvalue weighted by atomic mass is 9.92. The highest BCUT2D eigenvalue weighted by molar-refractivity contribution is 5.85. The standard InChI is InChI=1S/C22H33N3O.2ClH/c1-17-3-2-12-25(15-17)16-19-6-4-18(5-7-19)14-24-21(26)20-13-22(20)8-10-23-11-9-22;;/h4-7,17,20,23H,2-3,8-16H2,1H3,(H,24,26);2*1H. The minimum Gasteiger partial charge on any atom is -0.352 e. The van der Waals surface area contributed by atoms with E-state index in [9.17, 15) is 4.79 Å². The number of rotatable bonds is 5. The van der Waals surface area contributed by atoms with E-state index in [1.54, 1.807) is 0 Å². The Kier molecular flexibility index (Phi) is 8.62. The lowest BCUT2D eigenvalue weighted by molar-refractivity contribution is -0.123. The van der Waals surface area contributed by atoms with Crippen molar-refractivity contribution in [3.63, 3.8) is 0 Å². The zero-order chi connectivity index (χ0) is 18.0. The van der Waals surface area contributed by atoms with Crippen molar-refractivity contribution in [3.8, 4) is 0 Å². The van der Waals surface area contributed by atoms with Crippen LogP contribution in [0.4, 0.5) is 0 Å². The van der Waals surface area contributed by atoms with Crippen molar-refractivity contribution < 1.29 is 4.79 Å². The second-order valence-electron chi connectivity index (χ2n) is 8.89. The number of carbonyl (C=O) groups excluding carboxylic acids is 1. The first-order valence-corrected chi connectivity index (χ1v) is 10.4. The summed E-state index contributed by atoms with van der Waals surface area (Å²) >= 11 is 0. The van der Waals surface area contributed by atoms with Crippen LogP contribution in [0.1, 0.15) is 50.2 Å². The molecule has 1 saturated carbocycles. The van der Waals surface area contributed by atoms with Gasteiger partial charge in [0.05, 0.1) is 0 Å². The number of carbonyl (C=O) groups is 1. The van der Waals surface area contributed by atoms with Gasteiger partial charge >= 0.3 is 0 Å². The SMILES string of the molecule is CC1CCCN(Cc2ccc(CNC(=O)C3CC34CCNCC4)cc2)C1.Cl.Cl. The summed E-state index contributed by atoms with van der Waals surface area (Å²) < 4.78 is 0. The van der Waals surface area contributed by atoms with Crippen LogP contribution >= 0.6 is 24.8 Å². The van der Waals surface area contributed by atoms with Gasteiger partial charge in [0, 0.05) is 25.6 Å². The number of nitrogens with one attached hydrogen (secondary N) is 2. The second-order valence-corrected chi connectivity index (χ2v) is 8.89. The predicted molar refractivity (Wildman–Crippen MR) is 119 cm³/mol. The Morgan fingerprint density at radius 3 is 2.54 bits per heavy atom. The largest absolute Gasteiger partial charge is 0.352 e. The summed E-state index contributed by atoms with van der Waals surface area (Å²) in [5.74, 6) is 1.34. The van der Waals surface area contributed by atoms with Crippen LogP contribution in [-0.4, -0.2) is 37.0 Å². The Hall–Kier alpha value is -0.810. The summed E-state index contributed by atoms with van der Waals surface area (Å²) in [7, 11) is 0. The molecule has 1 aromatic rings. The Balaban J connectivity index is 0.00000140. The average Bonchev–Trinajstić information content (AvgIpc) is 3.34. The third-order valence-electron chi connectivity index (χ3n) is 6.74. The van der Waals surface area contributed by atoms with Gasteiger partial charge in [0.2, 0.25) is 5.91 Å². The first-order chi connectivity index (χ1) is 12.6. The number of likely N-dealkylation sites (tertiary alicyclic amines) is 1. The molecule has 3 fully saturated rings. The van der Waals surface area contributed by atoms with Gasteiger partial charge in [-0.1, -0.05) is 31.2 Å². The number of amides is 1. The Morgan fingerprint density at radius 1 is 1.18 bits per heavy atom. The van der Waals surface area contributed by atoms with Crippen LogP contribution in [0, 0.1) is 17.3 Å². The van der Waals surface area contributed by atoms with E-state index >= 15 is 0 Å². The van der Waals surface area contributed by atoms with E-state index in [1.165, 1.54) is 37.1 Å². The van der Waals surface area contributed by atoms with Crippen molar-refractivity contribution in [3.05, 3.63) is 35.4 Å². The Bertz CT molecular complexity index is 631. The number of halogens is 2. The number of hydrogen-bond donors (Lipinski definition) is 2. The van der Waals surface area contributed by atoms with Crippen LogP contribution in [0.15, 0.2) is 24.3 Å². The predicted octanol–water partition coefficient (Wildman–Crippen LogP) is 3.77. The molecule has 28 heavy (non-hydrogen) atoms. The van der Waals surface area contributed by atoms with Crippen molar-refractivity contribution in [1.82, 2.24) is 15.5 Å². The molecular formula is C22H35Cl2N3O. The van der Waals surface area contributed by atoms with E-state index in [4.69, 9.17) is 0 Å². The zero-order valence-electron chi connectivity index (χ0n) is 16.9. The highest BCUT2D eigenvalue weighted by Gasteiger charge is 2.57. The zero-order valence-corrected chi connectivity index (χ0v) is 18.5. The number of hydrogen-bond acceptors (Lipinski definition) is 3. The fourth-order valence-electron chi connectivity index (χ4n) is 4.96. The maximum absolute atomic E-state index is 12.5. The molecular weight excluding hydrogens is 393 g/mol. The van der Waals surface area contributed by atoms with E-state index in [1.807, 2.05) is 0 Å². The number of benzene rings is 1. The molecule has 2 saturated heterocycles. The fourth-order valence-corrected chi connectivity index (χ4v) is 4.96. The number of nitrogens with zero attached hydrogens (tertiary/aromatic N) is 1. The molecule has 4 nitrogen and oxygen atoms in total. The molecule has 2 heterocycles. The lowest BCUT2D eigenvalue weighted by Gasteiger charge is -2.30. The van der Waals surface area contributed by atoms with Gasteiger partial charge in [-0.05, 0) is 74.2 Å². The van der Waals surface area contributed by atoms with Crippen LogP contribution in [0.2, 0.25) is 0 Å². The molecule has 0 aromatic heterocycles. The van der Waals surface area contributed by atoms with E-state index in [0.29, 0.717) is 12.0 Å². The van der Waals surface area contributed by atoms with E-state index < -0.39 is 0 Å². The fraction of sp³-hybridized carbons (Fsp3) is 0.682. The molecule has 0 bridgehead atoms. The molecule has 158 valence electrons. The molecule has 1 amide bonds. The van der Waals surface area contributed by atoms with Gasteiger partial charge in [-0.15, -0.1) is 24.8 Å². The summed E-state index contributed by atoms with van der Waals surface area (Å²) in [6.45, 7) is 8.64. The van der Waals surface area contributed by atoms with Gasteiger partial charge in [-0.25, -0.2) is 0 Å². The average molecular weight is 428 g/mol. The van der Waals surface area contributed by atoms with Crippen LogP contribution in [0.3, 0.4) is 0 Å². The maximum atomic E-state index is 12.5. The van der Waals surface area contributed by atoms with Crippen LogP contribution in [0.25, 0.3) is 0 Å². The van der Waals surface area contributed by atoms with Crippen molar-refractivity contribution >= 4 is 30.7 Å². The molecule has 1 aromatic carbocycles. The molecule has 1 aliphatic carbocycles. The van der Waals surface area contributed by atoms with Crippen molar-refractivity contribution in [2.24, 2.45) is 17.3 Å². The van der Waals surface area contributed by atoms with E-state index in [2.05, 4.69) is 46.7 Å². The van der Waals surface area contributed by atoms with Gasteiger partial charge in [0.1, 0.15) is 0 Å². The molecule has 2 atom stereocenters. The third-order valence-corrected chi connectivity index (χ3v) is 6.74. The van der Waals surface area contributed by atoms with Crippen molar-refractivity contribution in [2.45, 2.75) is 52.1 Å². The van der Waals surface area contributed by atoms with Gasteiger partial charge < -0.3 is 10.6 Å².